The van der Waals surface area contributed by atoms with Gasteiger partial charge in [0, 0.05) is 7.05 Å². The van der Waals surface area contributed by atoms with Crippen LogP contribution in [0.2, 0.25) is 0 Å². The lowest BCUT2D eigenvalue weighted by Gasteiger charge is -2.22. The minimum atomic E-state index is -1.33. The van der Waals surface area contributed by atoms with E-state index in [2.05, 4.69) is 10.6 Å². The van der Waals surface area contributed by atoms with Gasteiger partial charge in [-0.2, -0.15) is 0 Å². The predicted octanol–water partition coefficient (Wildman–Crippen LogP) is 1.90. The summed E-state index contributed by atoms with van der Waals surface area (Å²) >= 11 is 0. The molecule has 4 rings (SSSR count). The summed E-state index contributed by atoms with van der Waals surface area (Å²) in [5.74, 6) is -0.613. The van der Waals surface area contributed by atoms with Gasteiger partial charge < -0.3 is 15.4 Å². The van der Waals surface area contributed by atoms with Gasteiger partial charge in [-0.15, -0.1) is 0 Å². The maximum atomic E-state index is 13.1. The van der Waals surface area contributed by atoms with Crippen LogP contribution in [0.3, 0.4) is 0 Å². The first-order valence-corrected chi connectivity index (χ1v) is 10.6. The monoisotopic (exact) mass is 463 g/mol. The fraction of sp³-hybridized carbons (Fsp3) is 0.250. The highest BCUT2D eigenvalue weighted by atomic mass is 16.5. The number of amides is 4. The van der Waals surface area contributed by atoms with Gasteiger partial charge in [-0.1, -0.05) is 30.3 Å². The number of hydrogen-bond donors (Lipinski definition) is 2. The first kappa shape index (κ1) is 22.8. The van der Waals surface area contributed by atoms with Gasteiger partial charge in [-0.25, -0.2) is 9.48 Å². The van der Waals surface area contributed by atoms with Gasteiger partial charge in [0.1, 0.15) is 23.5 Å². The molecule has 2 aromatic carbocycles. The Balaban J connectivity index is 1.54. The Morgan fingerprint density at radius 1 is 1.06 bits per heavy atom. The molecule has 1 atom stereocenters. The van der Waals surface area contributed by atoms with Crippen LogP contribution in [0.1, 0.15) is 18.2 Å². The largest absolute Gasteiger partial charge is 0.497 e. The number of nitrogens with zero attached hydrogens (tertiary/aromatic N) is 3. The number of ether oxygens (including phenoxy) is 1. The van der Waals surface area contributed by atoms with Crippen molar-refractivity contribution in [3.05, 3.63) is 76.2 Å². The van der Waals surface area contributed by atoms with Gasteiger partial charge in [0.05, 0.1) is 18.5 Å². The maximum absolute atomic E-state index is 13.1. The van der Waals surface area contributed by atoms with Crippen LogP contribution >= 0.6 is 0 Å². The zero-order chi connectivity index (χ0) is 24.6. The molecule has 3 aromatic rings. The molecule has 0 saturated carbocycles. The zero-order valence-electron chi connectivity index (χ0n) is 19.3. The lowest BCUT2D eigenvalue weighted by atomic mass is 9.92. The molecule has 1 aliphatic heterocycles. The summed E-state index contributed by atoms with van der Waals surface area (Å²) in [6, 6.07) is 15.0. The third-order valence-electron chi connectivity index (χ3n) is 6.06. The summed E-state index contributed by atoms with van der Waals surface area (Å²) in [6.07, 6.45) is 0. The molecule has 2 heterocycles. The summed E-state index contributed by atoms with van der Waals surface area (Å²) in [6.45, 7) is 2.74. The summed E-state index contributed by atoms with van der Waals surface area (Å²) in [5, 5.41) is 5.23. The van der Waals surface area contributed by atoms with E-state index in [0.717, 1.165) is 4.90 Å². The smallest absolute Gasteiger partial charge is 0.325 e. The van der Waals surface area contributed by atoms with Crippen molar-refractivity contribution in [1.29, 1.82) is 0 Å². The van der Waals surface area contributed by atoms with Crippen LogP contribution in [0.4, 0.5) is 10.5 Å². The van der Waals surface area contributed by atoms with Crippen molar-refractivity contribution in [3.8, 4) is 11.4 Å². The van der Waals surface area contributed by atoms with Crippen molar-refractivity contribution in [1.82, 2.24) is 19.6 Å². The number of methoxy groups -OCH3 is 1. The van der Waals surface area contributed by atoms with Crippen molar-refractivity contribution in [2.45, 2.75) is 19.4 Å². The standard InChI is InChI=1S/C24H25N5O5/c1-15-20(21(31)29(27(15)3)17-8-6-5-7-9-17)25-19(30)14-28-22(32)24(2,26-23(28)33)16-10-12-18(34-4)13-11-16/h5-13H,14H2,1-4H3,(H,25,30)(H,26,33)/t24-/m1/s1. The number of rotatable bonds is 6. The Kier molecular flexibility index (Phi) is 5.74. The Morgan fingerprint density at radius 2 is 1.71 bits per heavy atom. The molecule has 1 fully saturated rings. The van der Waals surface area contributed by atoms with Gasteiger partial charge in [0.2, 0.25) is 5.91 Å². The van der Waals surface area contributed by atoms with Crippen molar-refractivity contribution < 1.29 is 19.1 Å². The second kappa shape index (κ2) is 8.54. The minimum absolute atomic E-state index is 0.0846. The normalized spacial score (nSPS) is 17.6. The molecule has 0 radical (unpaired) electrons. The van der Waals surface area contributed by atoms with Crippen LogP contribution in [0.5, 0.6) is 5.75 Å². The molecular weight excluding hydrogens is 438 g/mol. The molecule has 0 bridgehead atoms. The molecule has 4 amide bonds. The van der Waals surface area contributed by atoms with Crippen LogP contribution < -0.4 is 20.9 Å². The fourth-order valence-corrected chi connectivity index (χ4v) is 4.00. The van der Waals surface area contributed by atoms with Crippen molar-refractivity contribution in [2.75, 3.05) is 19.0 Å². The van der Waals surface area contributed by atoms with Crippen LogP contribution in [-0.2, 0) is 22.2 Å². The number of carbonyl (C=O) groups excluding carboxylic acids is 3. The molecule has 10 heteroatoms. The number of carbonyl (C=O) groups is 3. The molecular formula is C24H25N5O5. The lowest BCUT2D eigenvalue weighted by molar-refractivity contribution is -0.133. The molecule has 176 valence electrons. The predicted molar refractivity (Wildman–Crippen MR) is 125 cm³/mol. The van der Waals surface area contributed by atoms with E-state index in [1.54, 1.807) is 74.1 Å². The summed E-state index contributed by atoms with van der Waals surface area (Å²) in [4.78, 5) is 52.3. The fourth-order valence-electron chi connectivity index (χ4n) is 4.00. The molecule has 1 aromatic heterocycles. The van der Waals surface area contributed by atoms with Gasteiger partial charge >= 0.3 is 6.03 Å². The Bertz CT molecular complexity index is 1330. The second-order valence-electron chi connectivity index (χ2n) is 8.16. The quantitative estimate of drug-likeness (QED) is 0.542. The summed E-state index contributed by atoms with van der Waals surface area (Å²) in [5.41, 5.74) is 0.0672. The molecule has 0 unspecified atom stereocenters. The number of benzene rings is 2. The highest BCUT2D eigenvalue weighted by Gasteiger charge is 2.49. The number of aromatic nitrogens is 2. The van der Waals surface area contributed by atoms with E-state index in [9.17, 15) is 19.2 Å². The molecule has 10 nitrogen and oxygen atoms in total. The molecule has 2 N–H and O–H groups in total. The van der Waals surface area contributed by atoms with Crippen molar-refractivity contribution in [3.63, 3.8) is 0 Å². The molecule has 1 saturated heterocycles. The Hall–Kier alpha value is -4.34. The maximum Gasteiger partial charge on any atom is 0.325 e. The number of nitrogens with one attached hydrogen (secondary N) is 2. The lowest BCUT2D eigenvalue weighted by Crippen LogP contribution is -2.42. The zero-order valence-corrected chi connectivity index (χ0v) is 19.3. The first-order valence-electron chi connectivity index (χ1n) is 10.6. The molecule has 0 aliphatic carbocycles. The topological polar surface area (TPSA) is 115 Å². The van der Waals surface area contributed by atoms with E-state index in [1.165, 1.54) is 11.8 Å². The highest BCUT2D eigenvalue weighted by Crippen LogP contribution is 2.30. The Labute approximate surface area is 195 Å². The van der Waals surface area contributed by atoms with Gasteiger partial charge in [-0.3, -0.25) is 24.0 Å². The number of anilines is 1. The van der Waals surface area contributed by atoms with Gasteiger partial charge in [-0.05, 0) is 43.7 Å². The van der Waals surface area contributed by atoms with Gasteiger partial charge in [0.15, 0.2) is 0 Å². The van der Waals surface area contributed by atoms with E-state index < -0.39 is 35.5 Å². The second-order valence-corrected chi connectivity index (χ2v) is 8.16. The summed E-state index contributed by atoms with van der Waals surface area (Å²) in [7, 11) is 3.24. The molecule has 34 heavy (non-hydrogen) atoms. The highest BCUT2D eigenvalue weighted by molar-refractivity contribution is 6.10. The number of imide groups is 1. The third kappa shape index (κ3) is 3.72. The average molecular weight is 463 g/mol. The van der Waals surface area contributed by atoms with E-state index in [0.29, 0.717) is 22.7 Å². The Morgan fingerprint density at radius 3 is 2.32 bits per heavy atom. The van der Waals surface area contributed by atoms with E-state index >= 15 is 0 Å². The average Bonchev–Trinajstić information content (AvgIpc) is 3.18. The van der Waals surface area contributed by atoms with Crippen LogP contribution in [-0.4, -0.2) is 45.8 Å². The van der Waals surface area contributed by atoms with E-state index in [4.69, 9.17) is 4.74 Å². The van der Waals surface area contributed by atoms with E-state index in [1.807, 2.05) is 6.07 Å². The molecule has 0 spiro atoms. The first-order chi connectivity index (χ1) is 16.2. The molecule has 1 aliphatic rings. The van der Waals surface area contributed by atoms with Gasteiger partial charge in [0.25, 0.3) is 11.5 Å². The van der Waals surface area contributed by atoms with Crippen molar-refractivity contribution >= 4 is 23.5 Å². The third-order valence-corrected chi connectivity index (χ3v) is 6.06. The van der Waals surface area contributed by atoms with Crippen LogP contribution in [0.15, 0.2) is 59.4 Å². The van der Waals surface area contributed by atoms with Crippen LogP contribution in [0, 0.1) is 6.92 Å². The SMILES string of the molecule is COc1ccc([C@@]2(C)NC(=O)N(CC(=O)Nc3c(C)n(C)n(-c4ccccc4)c3=O)C2=O)cc1. The van der Waals surface area contributed by atoms with Crippen LogP contribution in [0.25, 0.3) is 5.69 Å². The minimum Gasteiger partial charge on any atom is -0.497 e. The number of hydrogen-bond acceptors (Lipinski definition) is 5. The number of urea groups is 1. The van der Waals surface area contributed by atoms with Crippen molar-refractivity contribution in [2.24, 2.45) is 7.05 Å². The number of para-hydroxylation sites is 1. The summed E-state index contributed by atoms with van der Waals surface area (Å²) < 4.78 is 8.19. The van der Waals surface area contributed by atoms with E-state index in [-0.39, 0.29) is 5.69 Å².